The van der Waals surface area contributed by atoms with Crippen LogP contribution in [0.3, 0.4) is 0 Å². The summed E-state index contributed by atoms with van der Waals surface area (Å²) in [6.45, 7) is 8.28. The van der Waals surface area contributed by atoms with Crippen LogP contribution in [0.4, 0.5) is 11.4 Å². The number of anilines is 2. The fourth-order valence-corrected chi connectivity index (χ4v) is 4.17. The number of rotatable bonds is 8. The maximum atomic E-state index is 13.6. The van der Waals surface area contributed by atoms with Crippen molar-refractivity contribution in [3.05, 3.63) is 89.5 Å². The molecular weight excluding hydrogens is 450 g/mol. The number of benzene rings is 3. The molecule has 2 amide bonds. The minimum Gasteiger partial charge on any atom is -0.496 e. The second-order valence-electron chi connectivity index (χ2n) is 10.2. The van der Waals surface area contributed by atoms with Gasteiger partial charge in [-0.3, -0.25) is 9.59 Å². The van der Waals surface area contributed by atoms with E-state index in [0.29, 0.717) is 23.5 Å². The van der Waals surface area contributed by atoms with Crippen LogP contribution in [0.1, 0.15) is 55.2 Å². The molecule has 0 radical (unpaired) electrons. The highest BCUT2D eigenvalue weighted by atomic mass is 16.5. The number of ether oxygens (including phenoxy) is 1. The molecule has 0 spiro atoms. The number of nitrogens with one attached hydrogen (secondary N) is 1. The predicted octanol–water partition coefficient (Wildman–Crippen LogP) is 6.15. The molecule has 0 saturated heterocycles. The van der Waals surface area contributed by atoms with Crippen molar-refractivity contribution in [3.8, 4) is 5.75 Å². The summed E-state index contributed by atoms with van der Waals surface area (Å²) in [5.41, 5.74) is 3.57. The Balaban J connectivity index is 1.98. The summed E-state index contributed by atoms with van der Waals surface area (Å²) in [5.74, 6) is 0.321. The molecule has 0 bridgehead atoms. The van der Waals surface area contributed by atoms with Crippen molar-refractivity contribution >= 4 is 23.2 Å². The fraction of sp³-hybridized carbons (Fsp3) is 0.333. The minimum atomic E-state index is -0.545. The lowest BCUT2D eigenvalue weighted by Crippen LogP contribution is -2.40. The van der Waals surface area contributed by atoms with Crippen LogP contribution in [-0.4, -0.2) is 37.9 Å². The molecule has 0 fully saturated rings. The lowest BCUT2D eigenvalue weighted by atomic mass is 9.92. The summed E-state index contributed by atoms with van der Waals surface area (Å²) in [7, 11) is 5.50. The Morgan fingerprint density at radius 3 is 2.19 bits per heavy atom. The van der Waals surface area contributed by atoms with Crippen molar-refractivity contribution in [2.75, 3.05) is 31.4 Å². The van der Waals surface area contributed by atoms with Gasteiger partial charge in [-0.1, -0.05) is 63.2 Å². The van der Waals surface area contributed by atoms with Crippen molar-refractivity contribution in [2.24, 2.45) is 5.41 Å². The summed E-state index contributed by atoms with van der Waals surface area (Å²) in [6, 6.07) is 22.8. The smallest absolute Gasteiger partial charge is 0.259 e. The molecule has 3 aromatic rings. The van der Waals surface area contributed by atoms with Crippen molar-refractivity contribution in [2.45, 2.75) is 40.3 Å². The zero-order valence-corrected chi connectivity index (χ0v) is 22.3. The van der Waals surface area contributed by atoms with Gasteiger partial charge in [0.1, 0.15) is 5.75 Å². The average Bonchev–Trinajstić information content (AvgIpc) is 2.86. The van der Waals surface area contributed by atoms with Crippen molar-refractivity contribution < 1.29 is 14.3 Å². The van der Waals surface area contributed by atoms with Gasteiger partial charge in [0.15, 0.2) is 0 Å². The molecule has 1 atom stereocenters. The van der Waals surface area contributed by atoms with Crippen LogP contribution in [0, 0.1) is 5.41 Å². The molecule has 3 rings (SSSR count). The molecule has 6 nitrogen and oxygen atoms in total. The van der Waals surface area contributed by atoms with Crippen molar-refractivity contribution in [1.82, 2.24) is 4.90 Å². The van der Waals surface area contributed by atoms with Crippen LogP contribution < -0.4 is 15.0 Å². The van der Waals surface area contributed by atoms with E-state index in [1.54, 1.807) is 25.3 Å². The van der Waals surface area contributed by atoms with Gasteiger partial charge in [-0.15, -0.1) is 0 Å². The van der Waals surface area contributed by atoms with Gasteiger partial charge in [-0.05, 0) is 48.4 Å². The van der Waals surface area contributed by atoms with E-state index in [9.17, 15) is 9.59 Å². The first-order chi connectivity index (χ1) is 17.0. The van der Waals surface area contributed by atoms with E-state index in [4.69, 9.17) is 4.74 Å². The summed E-state index contributed by atoms with van der Waals surface area (Å²) in [5, 5.41) is 2.99. The summed E-state index contributed by atoms with van der Waals surface area (Å²) >= 11 is 0. The predicted molar refractivity (Wildman–Crippen MR) is 147 cm³/mol. The van der Waals surface area contributed by atoms with Gasteiger partial charge in [0.25, 0.3) is 5.91 Å². The Bertz CT molecular complexity index is 1200. The van der Waals surface area contributed by atoms with E-state index in [1.807, 2.05) is 99.3 Å². The molecule has 190 valence electrons. The number of hydrogen-bond acceptors (Lipinski definition) is 4. The minimum absolute atomic E-state index is 0.0621. The first-order valence-electron chi connectivity index (χ1n) is 12.1. The number of nitrogens with zero attached hydrogens (tertiary/aromatic N) is 2. The Labute approximate surface area is 214 Å². The summed E-state index contributed by atoms with van der Waals surface area (Å²) in [6.07, 6.45) is 0. The van der Waals surface area contributed by atoms with Gasteiger partial charge < -0.3 is 19.9 Å². The van der Waals surface area contributed by atoms with Crippen LogP contribution in [0.15, 0.2) is 72.8 Å². The third kappa shape index (κ3) is 6.25. The fourth-order valence-electron chi connectivity index (χ4n) is 4.17. The van der Waals surface area contributed by atoms with E-state index in [2.05, 4.69) is 12.2 Å². The van der Waals surface area contributed by atoms with E-state index >= 15 is 0 Å². The first-order valence-corrected chi connectivity index (χ1v) is 12.1. The van der Waals surface area contributed by atoms with Gasteiger partial charge in [-0.2, -0.15) is 0 Å². The summed E-state index contributed by atoms with van der Waals surface area (Å²) < 4.78 is 5.35. The van der Waals surface area contributed by atoms with Crippen molar-refractivity contribution in [3.63, 3.8) is 0 Å². The van der Waals surface area contributed by atoms with Gasteiger partial charge in [0.05, 0.1) is 18.7 Å². The van der Waals surface area contributed by atoms with Crippen LogP contribution in [0.5, 0.6) is 5.75 Å². The van der Waals surface area contributed by atoms with E-state index in [-0.39, 0.29) is 17.9 Å². The lowest BCUT2D eigenvalue weighted by molar-refractivity contribution is -0.142. The standard InChI is InChI=1S/C30H37N3O3/c1-21(22-13-9-8-10-14-22)33(29(35)30(2,3)4)20-23-19-24(17-18-26(23)32(5)6)31-28(34)25-15-11-12-16-27(25)36-7/h8-19,21H,20H2,1-7H3,(H,31,34)/t21-/m0/s1. The maximum absolute atomic E-state index is 13.6. The molecule has 6 heteroatoms. The quantitative estimate of drug-likeness (QED) is 0.414. The Morgan fingerprint density at radius 1 is 0.944 bits per heavy atom. The molecule has 36 heavy (non-hydrogen) atoms. The lowest BCUT2D eigenvalue weighted by Gasteiger charge is -2.35. The van der Waals surface area contributed by atoms with E-state index < -0.39 is 5.41 Å². The van der Waals surface area contributed by atoms with Crippen LogP contribution >= 0.6 is 0 Å². The van der Waals surface area contributed by atoms with Crippen molar-refractivity contribution in [1.29, 1.82) is 0 Å². The van der Waals surface area contributed by atoms with Gasteiger partial charge in [0.2, 0.25) is 5.91 Å². The number of para-hydroxylation sites is 1. The second kappa shape index (κ2) is 11.3. The third-order valence-corrected chi connectivity index (χ3v) is 6.16. The zero-order chi connectivity index (χ0) is 26.5. The maximum Gasteiger partial charge on any atom is 0.259 e. The molecule has 0 aromatic heterocycles. The molecule has 1 N–H and O–H groups in total. The highest BCUT2D eigenvalue weighted by Gasteiger charge is 2.31. The van der Waals surface area contributed by atoms with Gasteiger partial charge in [-0.25, -0.2) is 0 Å². The molecule has 3 aromatic carbocycles. The molecule has 0 aliphatic rings. The molecule has 0 aliphatic carbocycles. The second-order valence-corrected chi connectivity index (χ2v) is 10.2. The SMILES string of the molecule is COc1ccccc1C(=O)Nc1ccc(N(C)C)c(CN(C(=O)C(C)(C)C)[C@@H](C)c2ccccc2)c1. The number of carbonyl (C=O) groups is 2. The van der Waals surface area contributed by atoms with Gasteiger partial charge in [0, 0.05) is 37.4 Å². The number of hydrogen-bond donors (Lipinski definition) is 1. The monoisotopic (exact) mass is 487 g/mol. The first kappa shape index (κ1) is 26.8. The molecular formula is C30H37N3O3. The highest BCUT2D eigenvalue weighted by molar-refractivity contribution is 6.06. The molecule has 0 heterocycles. The molecule has 0 aliphatic heterocycles. The van der Waals surface area contributed by atoms with Gasteiger partial charge >= 0.3 is 0 Å². The third-order valence-electron chi connectivity index (χ3n) is 6.16. The van der Waals surface area contributed by atoms with Crippen LogP contribution in [-0.2, 0) is 11.3 Å². The number of amides is 2. The zero-order valence-electron chi connectivity index (χ0n) is 22.3. The number of carbonyl (C=O) groups excluding carboxylic acids is 2. The highest BCUT2D eigenvalue weighted by Crippen LogP contribution is 2.32. The molecule has 0 unspecified atom stereocenters. The van der Waals surface area contributed by atoms with E-state index in [1.165, 1.54) is 0 Å². The normalized spacial score (nSPS) is 12.0. The van der Waals surface area contributed by atoms with Crippen LogP contribution in [0.25, 0.3) is 0 Å². The Hall–Kier alpha value is -3.80. The van der Waals surface area contributed by atoms with Crippen LogP contribution in [0.2, 0.25) is 0 Å². The molecule has 0 saturated carbocycles. The topological polar surface area (TPSA) is 61.9 Å². The largest absolute Gasteiger partial charge is 0.496 e. The Kier molecular flexibility index (Phi) is 8.41. The Morgan fingerprint density at radius 2 is 1.58 bits per heavy atom. The van der Waals surface area contributed by atoms with E-state index in [0.717, 1.165) is 16.8 Å². The number of methoxy groups -OCH3 is 1. The average molecular weight is 488 g/mol. The summed E-state index contributed by atoms with van der Waals surface area (Å²) in [4.78, 5) is 30.6.